The number of likely N-dealkylation sites (N-methyl/N-ethyl adjacent to an activating group) is 1. The van der Waals surface area contributed by atoms with Crippen molar-refractivity contribution in [2.75, 3.05) is 27.2 Å². The van der Waals surface area contributed by atoms with Gasteiger partial charge in [-0.2, -0.15) is 0 Å². The van der Waals surface area contributed by atoms with Crippen molar-refractivity contribution in [1.29, 1.82) is 0 Å². The molecule has 2 atom stereocenters. The Balaban J connectivity index is 2.06. The molecule has 0 saturated heterocycles. The minimum Gasteiger partial charge on any atom is -0.486 e. The number of hydrogen-bond acceptors (Lipinski definition) is 3. The van der Waals surface area contributed by atoms with Crippen LogP contribution in [0.3, 0.4) is 0 Å². The van der Waals surface area contributed by atoms with Gasteiger partial charge in [0, 0.05) is 14.1 Å². The number of rotatable bonds is 9. The van der Waals surface area contributed by atoms with E-state index in [0.29, 0.717) is 18.9 Å². The average Bonchev–Trinajstić information content (AvgIpc) is 2.75. The smallest absolute Gasteiger partial charge is 0.243 e. The van der Waals surface area contributed by atoms with E-state index in [1.54, 1.807) is 32.3 Å². The maximum Gasteiger partial charge on any atom is 0.243 e. The van der Waals surface area contributed by atoms with Crippen molar-refractivity contribution in [2.45, 2.75) is 32.4 Å². The molecule has 2 rings (SSSR count). The number of carbonyl (C=O) groups excluding carboxylic acids is 1. The number of benzene rings is 2. The van der Waals surface area contributed by atoms with Crippen LogP contribution in [0, 0.1) is 5.82 Å². The third-order valence-corrected chi connectivity index (χ3v) is 4.61. The molecule has 6 nitrogen and oxygen atoms in total. The molecule has 2 unspecified atom stereocenters. The second-order valence-electron chi connectivity index (χ2n) is 7.19. The van der Waals surface area contributed by atoms with E-state index >= 15 is 0 Å². The van der Waals surface area contributed by atoms with Gasteiger partial charge < -0.3 is 20.3 Å². The van der Waals surface area contributed by atoms with E-state index in [1.807, 2.05) is 44.2 Å². The van der Waals surface area contributed by atoms with Gasteiger partial charge >= 0.3 is 0 Å². The van der Waals surface area contributed by atoms with Crippen LogP contribution in [-0.2, 0) is 4.79 Å². The van der Waals surface area contributed by atoms with Gasteiger partial charge in [0.25, 0.3) is 0 Å². The van der Waals surface area contributed by atoms with Crippen molar-refractivity contribution in [2.24, 2.45) is 4.99 Å². The summed E-state index contributed by atoms with van der Waals surface area (Å²) in [6, 6.07) is 16.3. The number of nitrogens with zero attached hydrogens (tertiary/aromatic N) is 2. The van der Waals surface area contributed by atoms with E-state index < -0.39 is 5.82 Å². The van der Waals surface area contributed by atoms with Gasteiger partial charge in [-0.1, -0.05) is 49.4 Å². The number of carbonyl (C=O) groups is 1. The van der Waals surface area contributed by atoms with Crippen LogP contribution in [0.25, 0.3) is 0 Å². The third kappa shape index (κ3) is 7.39. The quantitative estimate of drug-likeness (QED) is 0.488. The van der Waals surface area contributed by atoms with Crippen LogP contribution in [0.4, 0.5) is 4.39 Å². The monoisotopic (exact) mass is 414 g/mol. The molecule has 0 heterocycles. The second kappa shape index (κ2) is 11.8. The first kappa shape index (κ1) is 23.2. The fourth-order valence-corrected chi connectivity index (χ4v) is 2.67. The van der Waals surface area contributed by atoms with Crippen molar-refractivity contribution in [3.63, 3.8) is 0 Å². The van der Waals surface area contributed by atoms with Crippen molar-refractivity contribution in [3.05, 3.63) is 66.0 Å². The van der Waals surface area contributed by atoms with Crippen LogP contribution in [-0.4, -0.2) is 50.1 Å². The molecule has 1 amide bonds. The summed E-state index contributed by atoms with van der Waals surface area (Å²) in [5.41, 5.74) is 1.10. The summed E-state index contributed by atoms with van der Waals surface area (Å²) in [6.07, 6.45) is 0.421. The average molecular weight is 415 g/mol. The number of guanidine groups is 1. The molecule has 2 N–H and O–H groups in total. The largest absolute Gasteiger partial charge is 0.486 e. The Morgan fingerprint density at radius 3 is 2.43 bits per heavy atom. The maximum atomic E-state index is 13.9. The molecule has 30 heavy (non-hydrogen) atoms. The first-order chi connectivity index (χ1) is 14.4. The fraction of sp³-hybridized carbons (Fsp3) is 0.391. The third-order valence-electron chi connectivity index (χ3n) is 4.61. The molecule has 2 aromatic rings. The number of ether oxygens (including phenoxy) is 1. The predicted molar refractivity (Wildman–Crippen MR) is 118 cm³/mol. The van der Waals surface area contributed by atoms with Crippen molar-refractivity contribution >= 4 is 11.9 Å². The minimum absolute atomic E-state index is 0.0144. The standard InChI is InChI=1S/C23H31FN4O2/c1-5-19(30-21-14-10-9-13-20(21)24)15-25-23(26-16-22(29)28(3)4)27-17(2)18-11-7-6-8-12-18/h6-14,17,19H,5,15-16H2,1-4H3,(H2,25,26,27). The summed E-state index contributed by atoms with van der Waals surface area (Å²) >= 11 is 0. The summed E-state index contributed by atoms with van der Waals surface area (Å²) in [5.74, 6) is 0.227. The molecule has 0 aliphatic rings. The van der Waals surface area contributed by atoms with Gasteiger partial charge in [-0.3, -0.25) is 4.79 Å². The Morgan fingerprint density at radius 2 is 1.80 bits per heavy atom. The highest BCUT2D eigenvalue weighted by atomic mass is 19.1. The Morgan fingerprint density at radius 1 is 1.13 bits per heavy atom. The molecule has 0 radical (unpaired) electrons. The Kier molecular flexibility index (Phi) is 9.12. The Bertz CT molecular complexity index is 827. The van der Waals surface area contributed by atoms with Crippen LogP contribution >= 0.6 is 0 Å². The van der Waals surface area contributed by atoms with Gasteiger partial charge in [0.05, 0.1) is 12.6 Å². The van der Waals surface area contributed by atoms with Crippen molar-refractivity contribution < 1.29 is 13.9 Å². The zero-order chi connectivity index (χ0) is 21.9. The van der Waals surface area contributed by atoms with Gasteiger partial charge in [-0.15, -0.1) is 0 Å². The molecule has 7 heteroatoms. The molecular weight excluding hydrogens is 383 g/mol. The first-order valence-corrected chi connectivity index (χ1v) is 10.1. The highest BCUT2D eigenvalue weighted by Gasteiger charge is 2.14. The molecule has 0 fully saturated rings. The summed E-state index contributed by atoms with van der Waals surface area (Å²) in [5, 5.41) is 6.55. The fourth-order valence-electron chi connectivity index (χ4n) is 2.67. The molecule has 0 aliphatic carbocycles. The lowest BCUT2D eigenvalue weighted by atomic mass is 10.1. The lowest BCUT2D eigenvalue weighted by Crippen LogP contribution is -2.44. The van der Waals surface area contributed by atoms with E-state index in [4.69, 9.17) is 4.74 Å². The molecule has 0 bridgehead atoms. The number of aliphatic imine (C=N–C) groups is 1. The second-order valence-corrected chi connectivity index (χ2v) is 7.19. The number of para-hydroxylation sites is 1. The van der Waals surface area contributed by atoms with Crippen LogP contribution in [0.15, 0.2) is 59.6 Å². The van der Waals surface area contributed by atoms with Crippen LogP contribution in [0.1, 0.15) is 31.9 Å². The van der Waals surface area contributed by atoms with Crippen molar-refractivity contribution in [3.8, 4) is 5.75 Å². The van der Waals surface area contributed by atoms with E-state index in [1.165, 1.54) is 11.0 Å². The number of nitrogens with one attached hydrogen (secondary N) is 2. The number of halogens is 1. The molecule has 0 aromatic heterocycles. The molecule has 162 valence electrons. The summed E-state index contributed by atoms with van der Waals surface area (Å²) in [4.78, 5) is 17.9. The Labute approximate surface area is 178 Å². The van der Waals surface area contributed by atoms with Gasteiger partial charge in [-0.25, -0.2) is 9.38 Å². The van der Waals surface area contributed by atoms with Crippen LogP contribution in [0.2, 0.25) is 0 Å². The van der Waals surface area contributed by atoms with E-state index in [0.717, 1.165) is 5.56 Å². The lowest BCUT2D eigenvalue weighted by molar-refractivity contribution is -0.127. The normalized spacial score (nSPS) is 13.3. The summed E-state index contributed by atoms with van der Waals surface area (Å²) in [7, 11) is 3.39. The summed E-state index contributed by atoms with van der Waals surface area (Å²) in [6.45, 7) is 4.43. The zero-order valence-electron chi connectivity index (χ0n) is 18.1. The highest BCUT2D eigenvalue weighted by molar-refractivity contribution is 5.85. The molecule has 2 aromatic carbocycles. The van der Waals surface area contributed by atoms with E-state index in [2.05, 4.69) is 15.6 Å². The topological polar surface area (TPSA) is 66.0 Å². The van der Waals surface area contributed by atoms with E-state index in [9.17, 15) is 9.18 Å². The highest BCUT2D eigenvalue weighted by Crippen LogP contribution is 2.18. The minimum atomic E-state index is -0.391. The van der Waals surface area contributed by atoms with Gasteiger partial charge in [0.1, 0.15) is 12.6 Å². The number of amides is 1. The SMILES string of the molecule is CCC(CNC(=NCC(=O)N(C)C)NC(C)c1ccccc1)Oc1ccccc1F. The number of hydrogen-bond donors (Lipinski definition) is 2. The first-order valence-electron chi connectivity index (χ1n) is 10.1. The van der Waals surface area contributed by atoms with Crippen LogP contribution < -0.4 is 15.4 Å². The van der Waals surface area contributed by atoms with Crippen molar-refractivity contribution in [1.82, 2.24) is 15.5 Å². The lowest BCUT2D eigenvalue weighted by Gasteiger charge is -2.22. The summed E-state index contributed by atoms with van der Waals surface area (Å²) < 4.78 is 19.7. The molecular formula is C23H31FN4O2. The Hall–Kier alpha value is -3.09. The van der Waals surface area contributed by atoms with E-state index in [-0.39, 0.29) is 30.3 Å². The maximum absolute atomic E-state index is 13.9. The van der Waals surface area contributed by atoms with Crippen LogP contribution in [0.5, 0.6) is 5.75 Å². The molecule has 0 aliphatic heterocycles. The predicted octanol–water partition coefficient (Wildman–Crippen LogP) is 3.37. The zero-order valence-corrected chi connectivity index (χ0v) is 18.1. The van der Waals surface area contributed by atoms with Gasteiger partial charge in [0.15, 0.2) is 17.5 Å². The molecule has 0 saturated carbocycles. The molecule has 0 spiro atoms. The van der Waals surface area contributed by atoms with Gasteiger partial charge in [0.2, 0.25) is 5.91 Å². The van der Waals surface area contributed by atoms with Gasteiger partial charge in [-0.05, 0) is 31.0 Å².